The summed E-state index contributed by atoms with van der Waals surface area (Å²) < 4.78 is 16.5. The molecule has 0 saturated carbocycles. The number of hydrogen-bond donors (Lipinski definition) is 0. The molecular weight excluding hydrogens is 108 g/mol. The Morgan fingerprint density at radius 3 is 1.25 bits per heavy atom. The van der Waals surface area contributed by atoms with E-state index in [1.807, 2.05) is 0 Å². The standard InChI is InChI=1S/H2OSi.O.Ti/c1-2;;/h2H2;;. The van der Waals surface area contributed by atoms with Crippen molar-refractivity contribution in [1.82, 2.24) is 0 Å². The normalized spacial score (nSPS) is 1.75. The van der Waals surface area contributed by atoms with Gasteiger partial charge in [0.05, 0.1) is 0 Å². The van der Waals surface area contributed by atoms with Crippen molar-refractivity contribution in [2.75, 3.05) is 0 Å². The molecule has 0 amide bonds. The Balaban J connectivity index is 0. The van der Waals surface area contributed by atoms with E-state index in [0.717, 1.165) is 20.4 Å². The van der Waals surface area contributed by atoms with Crippen LogP contribution in [0.1, 0.15) is 0 Å². The van der Waals surface area contributed by atoms with E-state index in [2.05, 4.69) is 0 Å². The fourth-order valence-electron chi connectivity index (χ4n) is 0. The zero-order valence-electron chi connectivity index (χ0n) is 2.02. The van der Waals surface area contributed by atoms with Crippen LogP contribution >= 0.6 is 0 Å². The summed E-state index contributed by atoms with van der Waals surface area (Å²) in [5.74, 6) is 0. The molecule has 0 aromatic rings. The van der Waals surface area contributed by atoms with Gasteiger partial charge in [-0.2, -0.15) is 0 Å². The summed E-state index contributed by atoms with van der Waals surface area (Å²) in [6.45, 7) is 0. The van der Waals surface area contributed by atoms with Crippen LogP contribution in [0.2, 0.25) is 0 Å². The molecule has 4 heteroatoms. The summed E-state index contributed by atoms with van der Waals surface area (Å²) in [5.41, 5.74) is 0. The van der Waals surface area contributed by atoms with E-state index in [4.69, 9.17) is 7.79 Å². The summed E-state index contributed by atoms with van der Waals surface area (Å²) in [7, 11) is 0.611. The van der Waals surface area contributed by atoms with E-state index in [9.17, 15) is 0 Å². The van der Waals surface area contributed by atoms with E-state index in [1.54, 1.807) is 0 Å². The minimum absolute atomic E-state index is 0.611. The second kappa shape index (κ2) is 80.2. The van der Waals surface area contributed by atoms with Gasteiger partial charge in [-0.1, -0.05) is 0 Å². The van der Waals surface area contributed by atoms with Crippen molar-refractivity contribution in [1.29, 1.82) is 0 Å². The maximum absolute atomic E-state index is 8.28. The molecule has 0 spiro atoms. The van der Waals surface area contributed by atoms with Crippen molar-refractivity contribution in [3.05, 3.63) is 0 Å². The van der Waals surface area contributed by atoms with Crippen LogP contribution in [0, 0.1) is 0 Å². The van der Waals surface area contributed by atoms with Crippen molar-refractivity contribution < 1.29 is 28.2 Å². The van der Waals surface area contributed by atoms with Gasteiger partial charge in [0.25, 0.3) is 0 Å². The summed E-state index contributed by atoms with van der Waals surface area (Å²) in [6, 6.07) is 0. The van der Waals surface area contributed by atoms with Crippen molar-refractivity contribution in [3.63, 3.8) is 0 Å². The van der Waals surface area contributed by atoms with Crippen molar-refractivity contribution in [3.8, 4) is 0 Å². The van der Waals surface area contributed by atoms with Crippen LogP contribution in [-0.2, 0) is 28.2 Å². The van der Waals surface area contributed by atoms with Crippen LogP contribution in [0.15, 0.2) is 0 Å². The number of rotatable bonds is 0. The van der Waals surface area contributed by atoms with Crippen LogP contribution in [0.25, 0.3) is 0 Å². The van der Waals surface area contributed by atoms with E-state index in [1.165, 1.54) is 0 Å². The zero-order valence-corrected chi connectivity index (χ0v) is 5.00. The average Bonchev–Trinajstić information content (AvgIpc) is 1.50. The predicted octanol–water partition coefficient (Wildman–Crippen LogP) is -1.16. The van der Waals surface area contributed by atoms with Gasteiger partial charge in [-0.15, -0.1) is 0 Å². The molecule has 0 aromatic carbocycles. The first-order chi connectivity index (χ1) is 2.00. The summed E-state index contributed by atoms with van der Waals surface area (Å²) in [4.78, 5) is 0. The van der Waals surface area contributed by atoms with E-state index >= 15 is 0 Å². The third-order valence-electron chi connectivity index (χ3n) is 0. The van der Waals surface area contributed by atoms with Gasteiger partial charge in [-0.05, 0) is 0 Å². The summed E-state index contributed by atoms with van der Waals surface area (Å²) in [5, 5.41) is 0. The van der Waals surface area contributed by atoms with Gasteiger partial charge in [-0.25, -0.2) is 0 Å². The Morgan fingerprint density at radius 2 is 1.25 bits per heavy atom. The van der Waals surface area contributed by atoms with E-state index in [-0.39, 0.29) is 0 Å². The maximum atomic E-state index is 8.28. The van der Waals surface area contributed by atoms with Crippen LogP contribution < -0.4 is 0 Å². The fourth-order valence-corrected chi connectivity index (χ4v) is 0. The molecule has 0 fully saturated rings. The van der Waals surface area contributed by atoms with Crippen LogP contribution in [0.5, 0.6) is 0 Å². The van der Waals surface area contributed by atoms with Crippen LogP contribution in [-0.4, -0.2) is 10.1 Å². The molecule has 0 unspecified atom stereocenters. The van der Waals surface area contributed by atoms with Gasteiger partial charge >= 0.3 is 23.7 Å². The van der Waals surface area contributed by atoms with E-state index < -0.39 is 0 Å². The van der Waals surface area contributed by atoms with Gasteiger partial charge in [0.15, 0.2) is 0 Å². The molecule has 0 N–H and O–H groups in total. The van der Waals surface area contributed by atoms with E-state index in [0.29, 0.717) is 10.1 Å². The minimum atomic E-state index is 0.611. The Kier molecular flexibility index (Phi) is 177. The zero-order chi connectivity index (χ0) is 4.00. The van der Waals surface area contributed by atoms with Crippen LogP contribution in [0.4, 0.5) is 0 Å². The molecule has 0 atom stereocenters. The molecule has 2 nitrogen and oxygen atoms in total. The Hall–Kier alpha value is 0.531. The SMILES string of the molecule is O=[SiH2].[O]=[Ti]. The summed E-state index contributed by atoms with van der Waals surface area (Å²) >= 11 is 0.750. The van der Waals surface area contributed by atoms with Gasteiger partial charge < -0.3 is 4.46 Å². The summed E-state index contributed by atoms with van der Waals surface area (Å²) in [6.07, 6.45) is 0. The Bertz CT molecular complexity index is 8.00. The Morgan fingerprint density at radius 1 is 1.25 bits per heavy atom. The third kappa shape index (κ3) is 21.0. The second-order valence-electron chi connectivity index (χ2n) is 0. The molecule has 4 heavy (non-hydrogen) atoms. The molecule has 0 heterocycles. The molecule has 0 aromatic heterocycles. The second-order valence-corrected chi connectivity index (χ2v) is 0. The Labute approximate surface area is 38.8 Å². The van der Waals surface area contributed by atoms with Gasteiger partial charge in [0.1, 0.15) is 0 Å². The molecule has 0 aliphatic heterocycles. The molecule has 0 radical (unpaired) electrons. The molecule has 0 bridgehead atoms. The molecule has 0 rings (SSSR count). The van der Waals surface area contributed by atoms with Crippen molar-refractivity contribution in [2.24, 2.45) is 0 Å². The predicted molar refractivity (Wildman–Crippen MR) is 9.92 cm³/mol. The first-order valence-corrected chi connectivity index (χ1v) is 1.71. The fraction of sp³-hybridized carbons (Fsp3) is 0. The molecule has 0 aliphatic carbocycles. The van der Waals surface area contributed by atoms with Crippen molar-refractivity contribution in [2.45, 2.75) is 0 Å². The first-order valence-electron chi connectivity index (χ1n) is 0.493. The number of hydrogen-bond acceptors (Lipinski definition) is 2. The van der Waals surface area contributed by atoms with Crippen LogP contribution in [0.3, 0.4) is 0 Å². The van der Waals surface area contributed by atoms with Crippen molar-refractivity contribution >= 4 is 10.1 Å². The van der Waals surface area contributed by atoms with Gasteiger partial charge in [0, 0.05) is 0 Å². The monoisotopic (exact) mass is 110 g/mol. The average molecular weight is 110 g/mol. The molecule has 22 valence electrons. The third-order valence-corrected chi connectivity index (χ3v) is 0. The molecule has 0 saturated heterocycles. The van der Waals surface area contributed by atoms with Gasteiger partial charge in [0.2, 0.25) is 10.1 Å². The topological polar surface area (TPSA) is 34.1 Å². The van der Waals surface area contributed by atoms with Gasteiger partial charge in [-0.3, -0.25) is 0 Å². The first kappa shape index (κ1) is 8.82. The molecule has 0 aliphatic rings. The quantitative estimate of drug-likeness (QED) is 0.369. The molecular formula is H2O2SiTi.